The molecule has 3 rings (SSSR count). The van der Waals surface area contributed by atoms with E-state index in [-0.39, 0.29) is 5.91 Å². The molecule has 1 saturated heterocycles. The highest BCUT2D eigenvalue weighted by molar-refractivity contribution is 7.91. The Balaban J connectivity index is 1.67. The summed E-state index contributed by atoms with van der Waals surface area (Å²) >= 11 is 2.69. The number of aryl methyl sites for hydroxylation is 1. The Kier molecular flexibility index (Phi) is 4.35. The van der Waals surface area contributed by atoms with Crippen LogP contribution in [-0.2, 0) is 10.0 Å². The van der Waals surface area contributed by atoms with Crippen molar-refractivity contribution in [2.75, 3.05) is 26.2 Å². The maximum Gasteiger partial charge on any atom is 0.264 e. The molecule has 1 amide bonds. The number of hydrogen-bond acceptors (Lipinski definition) is 5. The molecule has 0 aliphatic carbocycles. The van der Waals surface area contributed by atoms with E-state index in [1.54, 1.807) is 22.4 Å². The Morgan fingerprint density at radius 3 is 2.41 bits per heavy atom. The van der Waals surface area contributed by atoms with Crippen LogP contribution < -0.4 is 0 Å². The Bertz CT molecular complexity index is 757. The van der Waals surface area contributed by atoms with E-state index in [0.29, 0.717) is 35.3 Å². The SMILES string of the molecule is Cc1ccc(C(=O)N2CCN(S(=O)(=O)c3cccs3)CC2)s1. The highest BCUT2D eigenvalue weighted by Crippen LogP contribution is 2.23. The second-order valence-corrected chi connectivity index (χ2v) is 9.44. The standard InChI is InChI=1S/C14H16N2O3S3/c1-11-4-5-12(21-11)14(17)15-6-8-16(9-7-15)22(18,19)13-3-2-10-20-13/h2-5,10H,6-9H2,1H3. The zero-order chi connectivity index (χ0) is 15.7. The fourth-order valence-corrected chi connectivity index (χ4v) is 5.78. The minimum Gasteiger partial charge on any atom is -0.335 e. The van der Waals surface area contributed by atoms with E-state index < -0.39 is 10.0 Å². The summed E-state index contributed by atoms with van der Waals surface area (Å²) in [5.74, 6) is -0.00808. The van der Waals surface area contributed by atoms with Crippen molar-refractivity contribution in [3.05, 3.63) is 39.4 Å². The number of sulfonamides is 1. The summed E-state index contributed by atoms with van der Waals surface area (Å²) in [6.45, 7) is 3.51. The molecule has 0 saturated carbocycles. The second kappa shape index (κ2) is 6.11. The van der Waals surface area contributed by atoms with E-state index in [9.17, 15) is 13.2 Å². The van der Waals surface area contributed by atoms with Crippen LogP contribution in [0.2, 0.25) is 0 Å². The van der Waals surface area contributed by atoms with Crippen molar-refractivity contribution >= 4 is 38.6 Å². The number of rotatable bonds is 3. The third-order valence-electron chi connectivity index (χ3n) is 3.57. The highest BCUT2D eigenvalue weighted by Gasteiger charge is 2.31. The summed E-state index contributed by atoms with van der Waals surface area (Å²) in [4.78, 5) is 15.9. The van der Waals surface area contributed by atoms with E-state index in [0.717, 1.165) is 4.88 Å². The third-order valence-corrected chi connectivity index (χ3v) is 7.83. The maximum absolute atomic E-state index is 12.4. The van der Waals surface area contributed by atoms with Gasteiger partial charge in [-0.25, -0.2) is 8.42 Å². The number of nitrogens with zero attached hydrogens (tertiary/aromatic N) is 2. The van der Waals surface area contributed by atoms with E-state index in [4.69, 9.17) is 0 Å². The van der Waals surface area contributed by atoms with E-state index >= 15 is 0 Å². The van der Waals surface area contributed by atoms with E-state index in [2.05, 4.69) is 0 Å². The third kappa shape index (κ3) is 2.96. The van der Waals surface area contributed by atoms with Crippen LogP contribution in [0.4, 0.5) is 0 Å². The topological polar surface area (TPSA) is 57.7 Å². The van der Waals surface area contributed by atoms with Gasteiger partial charge in [0.25, 0.3) is 15.9 Å². The average Bonchev–Trinajstić information content (AvgIpc) is 3.18. The smallest absolute Gasteiger partial charge is 0.264 e. The van der Waals surface area contributed by atoms with Crippen molar-refractivity contribution in [2.45, 2.75) is 11.1 Å². The van der Waals surface area contributed by atoms with Crippen LogP contribution in [0, 0.1) is 6.92 Å². The van der Waals surface area contributed by atoms with E-state index in [1.165, 1.54) is 27.0 Å². The molecule has 0 bridgehead atoms. The first kappa shape index (κ1) is 15.7. The summed E-state index contributed by atoms with van der Waals surface area (Å²) in [5.41, 5.74) is 0. The van der Waals surface area contributed by atoms with Gasteiger partial charge in [-0.2, -0.15) is 4.31 Å². The molecule has 0 unspecified atom stereocenters. The number of carbonyl (C=O) groups excluding carboxylic acids is 1. The summed E-state index contributed by atoms with van der Waals surface area (Å²) in [5, 5.41) is 1.76. The lowest BCUT2D eigenvalue weighted by Gasteiger charge is -2.33. The van der Waals surface area contributed by atoms with Crippen molar-refractivity contribution in [3.63, 3.8) is 0 Å². The highest BCUT2D eigenvalue weighted by atomic mass is 32.2. The normalized spacial score (nSPS) is 16.9. The fraction of sp³-hybridized carbons (Fsp3) is 0.357. The van der Waals surface area contributed by atoms with Gasteiger partial charge in [-0.15, -0.1) is 22.7 Å². The quantitative estimate of drug-likeness (QED) is 0.848. The van der Waals surface area contributed by atoms with Gasteiger partial charge in [0, 0.05) is 31.1 Å². The number of amides is 1. The lowest BCUT2D eigenvalue weighted by molar-refractivity contribution is 0.0703. The molecule has 1 aliphatic rings. The van der Waals surface area contributed by atoms with Gasteiger partial charge in [0.05, 0.1) is 4.88 Å². The van der Waals surface area contributed by atoms with Crippen molar-refractivity contribution < 1.29 is 13.2 Å². The summed E-state index contributed by atoms with van der Waals surface area (Å²) < 4.78 is 26.7. The van der Waals surface area contributed by atoms with Crippen LogP contribution in [0.3, 0.4) is 0 Å². The molecule has 5 nitrogen and oxygen atoms in total. The Labute approximate surface area is 137 Å². The molecule has 0 spiro atoms. The molecule has 2 aromatic rings. The lowest BCUT2D eigenvalue weighted by atomic mass is 10.3. The molecule has 0 N–H and O–H groups in total. The van der Waals surface area contributed by atoms with Gasteiger partial charge in [0.1, 0.15) is 4.21 Å². The molecule has 118 valence electrons. The van der Waals surface area contributed by atoms with Crippen LogP contribution in [0.25, 0.3) is 0 Å². The molecule has 0 atom stereocenters. The first-order valence-corrected chi connectivity index (χ1v) is 10.0. The average molecular weight is 356 g/mol. The molecule has 8 heteroatoms. The minimum atomic E-state index is -3.41. The Morgan fingerprint density at radius 2 is 1.86 bits per heavy atom. The number of carbonyl (C=O) groups is 1. The first-order chi connectivity index (χ1) is 10.5. The van der Waals surface area contributed by atoms with Crippen molar-refractivity contribution in [1.29, 1.82) is 0 Å². The lowest BCUT2D eigenvalue weighted by Crippen LogP contribution is -2.50. The molecule has 0 radical (unpaired) electrons. The van der Waals surface area contributed by atoms with Gasteiger partial charge >= 0.3 is 0 Å². The number of thiophene rings is 2. The Morgan fingerprint density at radius 1 is 1.14 bits per heavy atom. The van der Waals surface area contributed by atoms with Gasteiger partial charge in [-0.3, -0.25) is 4.79 Å². The first-order valence-electron chi connectivity index (χ1n) is 6.88. The second-order valence-electron chi connectivity index (χ2n) is 5.04. The zero-order valence-corrected chi connectivity index (χ0v) is 14.5. The van der Waals surface area contributed by atoms with Gasteiger partial charge < -0.3 is 4.90 Å². The summed E-state index contributed by atoms with van der Waals surface area (Å²) in [6.07, 6.45) is 0. The molecule has 1 aliphatic heterocycles. The van der Waals surface area contributed by atoms with Crippen LogP contribution in [0.5, 0.6) is 0 Å². The van der Waals surface area contributed by atoms with Crippen molar-refractivity contribution in [2.24, 2.45) is 0 Å². The summed E-state index contributed by atoms with van der Waals surface area (Å²) in [6, 6.07) is 7.11. The minimum absolute atomic E-state index is 0.00808. The number of hydrogen-bond donors (Lipinski definition) is 0. The van der Waals surface area contributed by atoms with Crippen molar-refractivity contribution in [1.82, 2.24) is 9.21 Å². The van der Waals surface area contributed by atoms with Gasteiger partial charge in [-0.1, -0.05) is 6.07 Å². The predicted molar refractivity (Wildman–Crippen MR) is 88.0 cm³/mol. The van der Waals surface area contributed by atoms with Crippen molar-refractivity contribution in [3.8, 4) is 0 Å². The van der Waals surface area contributed by atoms with E-state index in [1.807, 2.05) is 19.1 Å². The molecule has 1 fully saturated rings. The Hall–Kier alpha value is -1.22. The molecule has 2 aromatic heterocycles. The molecule has 0 aromatic carbocycles. The number of piperazine rings is 1. The zero-order valence-electron chi connectivity index (χ0n) is 12.1. The maximum atomic E-state index is 12.4. The molecular weight excluding hydrogens is 340 g/mol. The largest absolute Gasteiger partial charge is 0.335 e. The summed E-state index contributed by atoms with van der Waals surface area (Å²) in [7, 11) is -3.41. The van der Waals surface area contributed by atoms with Crippen LogP contribution in [0.1, 0.15) is 14.5 Å². The fourth-order valence-electron chi connectivity index (χ4n) is 2.37. The predicted octanol–water partition coefficient (Wildman–Crippen LogP) is 2.26. The van der Waals surface area contributed by atoms with Gasteiger partial charge in [0.2, 0.25) is 0 Å². The molecular formula is C14H16N2O3S3. The van der Waals surface area contributed by atoms with Gasteiger partial charge in [-0.05, 0) is 30.5 Å². The molecule has 22 heavy (non-hydrogen) atoms. The monoisotopic (exact) mass is 356 g/mol. The molecule has 3 heterocycles. The van der Waals surface area contributed by atoms with Gasteiger partial charge in [0.15, 0.2) is 0 Å². The van der Waals surface area contributed by atoms with Crippen LogP contribution in [-0.4, -0.2) is 49.7 Å². The van der Waals surface area contributed by atoms with Crippen LogP contribution >= 0.6 is 22.7 Å². The van der Waals surface area contributed by atoms with Crippen LogP contribution in [0.15, 0.2) is 33.9 Å².